The van der Waals surface area contributed by atoms with Gasteiger partial charge in [0.1, 0.15) is 0 Å². The van der Waals surface area contributed by atoms with Crippen LogP contribution in [0.25, 0.3) is 0 Å². The monoisotopic (exact) mass is 445 g/mol. The average molecular weight is 445 g/mol. The van der Waals surface area contributed by atoms with Crippen LogP contribution in [0.2, 0.25) is 0 Å². The van der Waals surface area contributed by atoms with Gasteiger partial charge in [0.2, 0.25) is 11.8 Å². The van der Waals surface area contributed by atoms with Crippen LogP contribution in [0.15, 0.2) is 33.6 Å². The van der Waals surface area contributed by atoms with E-state index in [1.54, 1.807) is 30.9 Å². The minimum Gasteiger partial charge on any atom is -0.417 e. The first-order chi connectivity index (χ1) is 14.0. The van der Waals surface area contributed by atoms with Crippen LogP contribution in [-0.2, 0) is 27.2 Å². The highest BCUT2D eigenvalue weighted by Gasteiger charge is 2.39. The maximum Gasteiger partial charge on any atom is 0.470 e. The zero-order valence-corrected chi connectivity index (χ0v) is 17.3. The van der Waals surface area contributed by atoms with Gasteiger partial charge >= 0.3 is 12.1 Å². The summed E-state index contributed by atoms with van der Waals surface area (Å²) in [5.74, 6) is -2.17. The van der Waals surface area contributed by atoms with Gasteiger partial charge in [0.05, 0.1) is 22.5 Å². The first-order valence-electron chi connectivity index (χ1n) is 9.49. The SMILES string of the molecule is CC(C)S(=O)(=O)c1ccc(CC(=O)N2CCC[C@@H](c3nnc(C(F)(F)F)o3)C2)cc1. The van der Waals surface area contributed by atoms with Crippen LogP contribution in [0.1, 0.15) is 50.0 Å². The molecular formula is C19H22F3N3O4S. The van der Waals surface area contributed by atoms with E-state index in [1.165, 1.54) is 12.1 Å². The predicted octanol–water partition coefficient (Wildman–Crippen LogP) is 3.22. The van der Waals surface area contributed by atoms with Gasteiger partial charge in [0.15, 0.2) is 9.84 Å². The lowest BCUT2D eigenvalue weighted by atomic mass is 9.97. The van der Waals surface area contributed by atoms with Crippen molar-refractivity contribution in [1.82, 2.24) is 15.1 Å². The summed E-state index contributed by atoms with van der Waals surface area (Å²) in [6, 6.07) is 6.16. The molecule has 0 unspecified atom stereocenters. The van der Waals surface area contributed by atoms with E-state index in [4.69, 9.17) is 4.42 Å². The second kappa shape index (κ2) is 8.37. The summed E-state index contributed by atoms with van der Waals surface area (Å²) < 4.78 is 67.1. The van der Waals surface area contributed by atoms with Crippen molar-refractivity contribution in [2.75, 3.05) is 13.1 Å². The van der Waals surface area contributed by atoms with Gasteiger partial charge in [0, 0.05) is 13.1 Å². The van der Waals surface area contributed by atoms with Crippen LogP contribution < -0.4 is 0 Å². The highest BCUT2D eigenvalue weighted by Crippen LogP contribution is 2.32. The molecule has 1 amide bonds. The molecule has 0 saturated carbocycles. The first-order valence-corrected chi connectivity index (χ1v) is 11.0. The number of rotatable bonds is 5. The van der Waals surface area contributed by atoms with E-state index >= 15 is 0 Å². The minimum absolute atomic E-state index is 0.0619. The van der Waals surface area contributed by atoms with Crippen LogP contribution in [0.5, 0.6) is 0 Å². The summed E-state index contributed by atoms with van der Waals surface area (Å²) in [4.78, 5) is 14.4. The quantitative estimate of drug-likeness (QED) is 0.702. The summed E-state index contributed by atoms with van der Waals surface area (Å²) in [5, 5.41) is 6.00. The second-order valence-corrected chi connectivity index (χ2v) is 10.0. The molecule has 2 aromatic rings. The van der Waals surface area contributed by atoms with Crippen molar-refractivity contribution in [1.29, 1.82) is 0 Å². The van der Waals surface area contributed by atoms with Gasteiger partial charge in [-0.25, -0.2) is 8.42 Å². The summed E-state index contributed by atoms with van der Waals surface area (Å²) in [5.41, 5.74) is 0.655. The number of hydrogen-bond acceptors (Lipinski definition) is 6. The molecule has 0 bridgehead atoms. The van der Waals surface area contributed by atoms with Gasteiger partial charge in [-0.2, -0.15) is 13.2 Å². The topological polar surface area (TPSA) is 93.4 Å². The fourth-order valence-electron chi connectivity index (χ4n) is 3.27. The number of alkyl halides is 3. The van der Waals surface area contributed by atoms with Crippen molar-refractivity contribution in [3.05, 3.63) is 41.6 Å². The van der Waals surface area contributed by atoms with Gasteiger partial charge in [0.25, 0.3) is 0 Å². The molecule has 0 aliphatic carbocycles. The van der Waals surface area contributed by atoms with Crippen LogP contribution in [0.4, 0.5) is 13.2 Å². The van der Waals surface area contributed by atoms with Gasteiger partial charge in [-0.05, 0) is 44.4 Å². The standard InChI is InChI=1S/C19H22F3N3O4S/c1-12(2)30(27,28)15-7-5-13(6-8-15)10-16(26)25-9-3-4-14(11-25)17-23-24-18(29-17)19(20,21)22/h5-8,12,14H,3-4,9-11H2,1-2H3/t14-/m1/s1. The van der Waals surface area contributed by atoms with Crippen molar-refractivity contribution < 1.29 is 30.8 Å². The smallest absolute Gasteiger partial charge is 0.417 e. The van der Waals surface area contributed by atoms with Crippen LogP contribution >= 0.6 is 0 Å². The molecule has 3 rings (SSSR count). The summed E-state index contributed by atoms with van der Waals surface area (Å²) in [6.07, 6.45) is -3.49. The third-order valence-corrected chi connectivity index (χ3v) is 7.20. The van der Waals surface area contributed by atoms with E-state index < -0.39 is 33.1 Å². The Labute approximate surface area is 172 Å². The number of aromatic nitrogens is 2. The number of hydrogen-bond donors (Lipinski definition) is 0. The lowest BCUT2D eigenvalue weighted by molar-refractivity contribution is -0.157. The number of carbonyl (C=O) groups is 1. The van der Waals surface area contributed by atoms with Gasteiger partial charge < -0.3 is 9.32 Å². The Bertz CT molecular complexity index is 1000. The first kappa shape index (κ1) is 22.3. The largest absolute Gasteiger partial charge is 0.470 e. The van der Waals surface area contributed by atoms with Gasteiger partial charge in [-0.1, -0.05) is 12.1 Å². The molecule has 11 heteroatoms. The molecule has 30 heavy (non-hydrogen) atoms. The Morgan fingerprint density at radius 1 is 1.23 bits per heavy atom. The maximum absolute atomic E-state index is 12.7. The predicted molar refractivity (Wildman–Crippen MR) is 100 cm³/mol. The maximum atomic E-state index is 12.7. The number of amides is 1. The highest BCUT2D eigenvalue weighted by molar-refractivity contribution is 7.92. The molecule has 2 heterocycles. The molecular weight excluding hydrogens is 423 g/mol. The van der Waals surface area contributed by atoms with Gasteiger partial charge in [-0.15, -0.1) is 10.2 Å². The number of benzene rings is 1. The fraction of sp³-hybridized carbons (Fsp3) is 0.526. The van der Waals surface area contributed by atoms with E-state index in [2.05, 4.69) is 10.2 Å². The highest BCUT2D eigenvalue weighted by atomic mass is 32.2. The van der Waals surface area contributed by atoms with E-state index in [0.29, 0.717) is 24.9 Å². The number of piperidine rings is 1. The molecule has 1 aromatic carbocycles. The van der Waals surface area contributed by atoms with E-state index in [0.717, 1.165) is 0 Å². The van der Waals surface area contributed by atoms with Crippen LogP contribution in [0.3, 0.4) is 0 Å². The molecule has 1 aliphatic heterocycles. The van der Waals surface area contributed by atoms with E-state index in [1.807, 2.05) is 0 Å². The Kier molecular flexibility index (Phi) is 6.21. The lowest BCUT2D eigenvalue weighted by Gasteiger charge is -2.31. The molecule has 164 valence electrons. The summed E-state index contributed by atoms with van der Waals surface area (Å²) in [7, 11) is -3.39. The Morgan fingerprint density at radius 2 is 1.90 bits per heavy atom. The summed E-state index contributed by atoms with van der Waals surface area (Å²) in [6.45, 7) is 3.87. The third-order valence-electron chi connectivity index (χ3n) is 5.03. The normalized spacial score (nSPS) is 18.1. The number of sulfone groups is 1. The molecule has 1 aromatic heterocycles. The van der Waals surface area contributed by atoms with Crippen LogP contribution in [0, 0.1) is 0 Å². The number of carbonyl (C=O) groups excluding carboxylic acids is 1. The zero-order chi connectivity index (χ0) is 22.1. The Hall–Kier alpha value is -2.43. The lowest BCUT2D eigenvalue weighted by Crippen LogP contribution is -2.40. The third kappa shape index (κ3) is 4.82. The van der Waals surface area contributed by atoms with Crippen LogP contribution in [-0.4, -0.2) is 47.8 Å². The van der Waals surface area contributed by atoms with Crippen molar-refractivity contribution in [3.8, 4) is 0 Å². The Balaban J connectivity index is 1.65. The van der Waals surface area contributed by atoms with E-state index in [-0.39, 0.29) is 29.7 Å². The molecule has 1 fully saturated rings. The Morgan fingerprint density at radius 3 is 2.47 bits per heavy atom. The molecule has 1 atom stereocenters. The molecule has 0 spiro atoms. The zero-order valence-electron chi connectivity index (χ0n) is 16.5. The van der Waals surface area contributed by atoms with Gasteiger partial charge in [-0.3, -0.25) is 4.79 Å². The molecule has 0 N–H and O–H groups in total. The summed E-state index contributed by atoms with van der Waals surface area (Å²) >= 11 is 0. The van der Waals surface area contributed by atoms with Crippen molar-refractivity contribution in [2.45, 2.75) is 55.3 Å². The van der Waals surface area contributed by atoms with E-state index in [9.17, 15) is 26.4 Å². The van der Waals surface area contributed by atoms with Crippen molar-refractivity contribution in [3.63, 3.8) is 0 Å². The van der Waals surface area contributed by atoms with Crippen molar-refractivity contribution in [2.24, 2.45) is 0 Å². The van der Waals surface area contributed by atoms with Crippen molar-refractivity contribution >= 4 is 15.7 Å². The molecule has 0 radical (unpaired) electrons. The number of halogens is 3. The average Bonchev–Trinajstić information content (AvgIpc) is 3.19. The molecule has 7 nitrogen and oxygen atoms in total. The minimum atomic E-state index is -4.70. The number of likely N-dealkylation sites (tertiary alicyclic amines) is 1. The fourth-order valence-corrected chi connectivity index (χ4v) is 4.33. The second-order valence-electron chi connectivity index (χ2n) is 7.54. The number of nitrogens with zero attached hydrogens (tertiary/aromatic N) is 3. The molecule has 1 aliphatic rings. The molecule has 1 saturated heterocycles.